The first-order chi connectivity index (χ1) is 11.0. The molecule has 2 rings (SSSR count). The molecule has 23 heavy (non-hydrogen) atoms. The predicted octanol–water partition coefficient (Wildman–Crippen LogP) is 4.08. The van der Waals surface area contributed by atoms with E-state index in [1.165, 1.54) is 12.1 Å². The molecule has 0 saturated heterocycles. The number of carbonyl (C=O) groups excluding carboxylic acids is 1. The number of benzene rings is 2. The van der Waals surface area contributed by atoms with E-state index >= 15 is 0 Å². The third-order valence-electron chi connectivity index (χ3n) is 3.32. The van der Waals surface area contributed by atoms with Crippen molar-refractivity contribution in [1.82, 2.24) is 4.90 Å². The van der Waals surface area contributed by atoms with Gasteiger partial charge >= 0.3 is 0 Å². The molecule has 0 spiro atoms. The number of hydrogen-bond donors (Lipinski definition) is 1. The summed E-state index contributed by atoms with van der Waals surface area (Å²) in [5, 5.41) is 3.20. The summed E-state index contributed by atoms with van der Waals surface area (Å²) < 4.78 is 26.4. The number of nitrogens with zero attached hydrogens (tertiary/aromatic N) is 1. The van der Waals surface area contributed by atoms with E-state index in [1.54, 1.807) is 36.2 Å². The summed E-state index contributed by atoms with van der Waals surface area (Å²) >= 11 is 5.97. The van der Waals surface area contributed by atoms with Crippen molar-refractivity contribution in [2.24, 2.45) is 0 Å². The Hall–Kier alpha value is -1.98. The van der Waals surface area contributed by atoms with Crippen LogP contribution in [0, 0.1) is 11.6 Å². The molecule has 0 atom stereocenters. The van der Waals surface area contributed by atoms with Crippen molar-refractivity contribution in [1.29, 1.82) is 0 Å². The molecule has 122 valence electrons. The van der Waals surface area contributed by atoms with Crippen LogP contribution in [-0.4, -0.2) is 24.4 Å². The largest absolute Gasteiger partial charge is 0.325 e. The Labute approximate surface area is 138 Å². The van der Waals surface area contributed by atoms with Crippen LogP contribution in [-0.2, 0) is 11.3 Å². The maximum atomic E-state index is 13.6. The number of halogens is 3. The van der Waals surface area contributed by atoms with E-state index in [9.17, 15) is 13.6 Å². The second-order valence-corrected chi connectivity index (χ2v) is 5.66. The molecule has 0 saturated carbocycles. The minimum Gasteiger partial charge on any atom is -0.325 e. The molecular weight excluding hydrogens is 322 g/mol. The first kappa shape index (κ1) is 17.4. The molecule has 2 aromatic rings. The standard InChI is InChI=1S/C17H17ClF2N2O/c1-22(11-12-6-7-13(19)10-15(12)20)9-8-17(23)21-16-5-3-2-4-14(16)18/h2-7,10H,8-9,11H2,1H3,(H,21,23). The summed E-state index contributed by atoms with van der Waals surface area (Å²) in [5.74, 6) is -1.37. The Morgan fingerprint density at radius 2 is 1.96 bits per heavy atom. The molecule has 3 nitrogen and oxygen atoms in total. The topological polar surface area (TPSA) is 32.3 Å². The fourth-order valence-corrected chi connectivity index (χ4v) is 2.27. The highest BCUT2D eigenvalue weighted by atomic mass is 35.5. The number of hydrogen-bond acceptors (Lipinski definition) is 2. The Bertz CT molecular complexity index is 694. The molecular formula is C17H17ClF2N2O. The molecule has 6 heteroatoms. The second kappa shape index (κ2) is 8.04. The molecule has 0 fully saturated rings. The zero-order chi connectivity index (χ0) is 16.8. The van der Waals surface area contributed by atoms with Crippen LogP contribution >= 0.6 is 11.6 Å². The molecule has 0 aromatic heterocycles. The van der Waals surface area contributed by atoms with E-state index in [-0.39, 0.29) is 12.3 Å². The smallest absolute Gasteiger partial charge is 0.225 e. The minimum atomic E-state index is -0.604. The Morgan fingerprint density at radius 1 is 1.22 bits per heavy atom. The van der Waals surface area contributed by atoms with Crippen LogP contribution in [0.15, 0.2) is 42.5 Å². The van der Waals surface area contributed by atoms with Gasteiger partial charge in [-0.05, 0) is 25.2 Å². The van der Waals surface area contributed by atoms with Crippen LogP contribution in [0.25, 0.3) is 0 Å². The molecule has 1 amide bonds. The quantitative estimate of drug-likeness (QED) is 0.860. The van der Waals surface area contributed by atoms with Crippen molar-refractivity contribution in [2.45, 2.75) is 13.0 Å². The van der Waals surface area contributed by atoms with Crippen molar-refractivity contribution in [2.75, 3.05) is 18.9 Å². The van der Waals surface area contributed by atoms with E-state index in [0.29, 0.717) is 29.4 Å². The fraction of sp³-hybridized carbons (Fsp3) is 0.235. The lowest BCUT2D eigenvalue weighted by Gasteiger charge is -2.17. The van der Waals surface area contributed by atoms with Gasteiger partial charge in [-0.3, -0.25) is 4.79 Å². The minimum absolute atomic E-state index is 0.176. The van der Waals surface area contributed by atoms with Crippen molar-refractivity contribution >= 4 is 23.2 Å². The van der Waals surface area contributed by atoms with E-state index in [0.717, 1.165) is 6.07 Å². The molecule has 0 unspecified atom stereocenters. The Balaban J connectivity index is 1.83. The number of amides is 1. The molecule has 0 aliphatic rings. The Morgan fingerprint density at radius 3 is 2.65 bits per heavy atom. The average Bonchev–Trinajstić information content (AvgIpc) is 2.50. The summed E-state index contributed by atoms with van der Waals surface area (Å²) in [4.78, 5) is 13.7. The normalized spacial score (nSPS) is 10.8. The maximum absolute atomic E-state index is 13.6. The SMILES string of the molecule is CN(CCC(=O)Nc1ccccc1Cl)Cc1ccc(F)cc1F. The molecule has 0 aliphatic heterocycles. The van der Waals surface area contributed by atoms with Crippen LogP contribution in [0.2, 0.25) is 5.02 Å². The first-order valence-electron chi connectivity index (χ1n) is 7.12. The highest BCUT2D eigenvalue weighted by Crippen LogP contribution is 2.20. The van der Waals surface area contributed by atoms with Gasteiger partial charge < -0.3 is 10.2 Å². The fourth-order valence-electron chi connectivity index (χ4n) is 2.09. The van der Waals surface area contributed by atoms with E-state index < -0.39 is 11.6 Å². The van der Waals surface area contributed by atoms with Gasteiger partial charge in [0.15, 0.2) is 0 Å². The molecule has 0 radical (unpaired) electrons. The highest BCUT2D eigenvalue weighted by Gasteiger charge is 2.10. The van der Waals surface area contributed by atoms with Crippen LogP contribution in [0.4, 0.5) is 14.5 Å². The zero-order valence-electron chi connectivity index (χ0n) is 12.7. The van der Waals surface area contributed by atoms with Crippen LogP contribution in [0.3, 0.4) is 0 Å². The zero-order valence-corrected chi connectivity index (χ0v) is 13.4. The number of nitrogens with one attached hydrogen (secondary N) is 1. The van der Waals surface area contributed by atoms with Gasteiger partial charge in [0.2, 0.25) is 5.91 Å². The van der Waals surface area contributed by atoms with Gasteiger partial charge in [0.05, 0.1) is 10.7 Å². The van der Waals surface area contributed by atoms with E-state index in [4.69, 9.17) is 11.6 Å². The predicted molar refractivity (Wildman–Crippen MR) is 87.4 cm³/mol. The maximum Gasteiger partial charge on any atom is 0.225 e. The van der Waals surface area contributed by atoms with Gasteiger partial charge in [0, 0.05) is 31.1 Å². The second-order valence-electron chi connectivity index (χ2n) is 5.25. The van der Waals surface area contributed by atoms with E-state index in [2.05, 4.69) is 5.32 Å². The first-order valence-corrected chi connectivity index (χ1v) is 7.50. The lowest BCUT2D eigenvalue weighted by atomic mass is 10.2. The van der Waals surface area contributed by atoms with Crippen LogP contribution in [0.5, 0.6) is 0 Å². The van der Waals surface area contributed by atoms with Crippen molar-refractivity contribution in [3.05, 3.63) is 64.7 Å². The van der Waals surface area contributed by atoms with Gasteiger partial charge in [0.1, 0.15) is 11.6 Å². The van der Waals surface area contributed by atoms with Crippen molar-refractivity contribution < 1.29 is 13.6 Å². The van der Waals surface area contributed by atoms with Gasteiger partial charge in [0.25, 0.3) is 0 Å². The Kier molecular flexibility index (Phi) is 6.07. The van der Waals surface area contributed by atoms with Gasteiger partial charge in [-0.2, -0.15) is 0 Å². The van der Waals surface area contributed by atoms with Gasteiger partial charge in [-0.15, -0.1) is 0 Å². The molecule has 0 bridgehead atoms. The number of anilines is 1. The van der Waals surface area contributed by atoms with Crippen LogP contribution < -0.4 is 5.32 Å². The highest BCUT2D eigenvalue weighted by molar-refractivity contribution is 6.33. The molecule has 1 N–H and O–H groups in total. The third kappa shape index (κ3) is 5.30. The van der Waals surface area contributed by atoms with E-state index in [1.807, 2.05) is 0 Å². The third-order valence-corrected chi connectivity index (χ3v) is 3.65. The molecule has 0 aliphatic carbocycles. The van der Waals surface area contributed by atoms with Crippen molar-refractivity contribution in [3.63, 3.8) is 0 Å². The molecule has 2 aromatic carbocycles. The average molecular weight is 339 g/mol. The lowest BCUT2D eigenvalue weighted by Crippen LogP contribution is -2.24. The lowest BCUT2D eigenvalue weighted by molar-refractivity contribution is -0.116. The summed E-state index contributed by atoms with van der Waals surface area (Å²) in [6.07, 6.45) is 0.241. The van der Waals surface area contributed by atoms with Crippen LogP contribution in [0.1, 0.15) is 12.0 Å². The summed E-state index contributed by atoms with van der Waals surface area (Å²) in [6, 6.07) is 10.5. The van der Waals surface area contributed by atoms with Crippen molar-refractivity contribution in [3.8, 4) is 0 Å². The number of rotatable bonds is 6. The number of carbonyl (C=O) groups is 1. The summed E-state index contributed by atoms with van der Waals surface area (Å²) in [5.41, 5.74) is 0.951. The summed E-state index contributed by atoms with van der Waals surface area (Å²) in [6.45, 7) is 0.735. The molecule has 0 heterocycles. The van der Waals surface area contributed by atoms with Gasteiger partial charge in [-0.25, -0.2) is 8.78 Å². The monoisotopic (exact) mass is 338 g/mol. The summed E-state index contributed by atoms with van der Waals surface area (Å²) in [7, 11) is 1.77. The van der Waals surface area contributed by atoms with Gasteiger partial charge in [-0.1, -0.05) is 29.8 Å². The number of para-hydroxylation sites is 1.